The number of hydrogen-bond donors (Lipinski definition) is 1. The molecule has 0 unspecified atom stereocenters. The summed E-state index contributed by atoms with van der Waals surface area (Å²) in [7, 11) is 0. The van der Waals surface area contributed by atoms with E-state index in [2.05, 4.69) is 4.98 Å². The summed E-state index contributed by atoms with van der Waals surface area (Å²) in [4.78, 5) is 18.8. The number of piperidine rings is 1. The number of nitrogen functional groups attached to an aromatic ring is 1. The van der Waals surface area contributed by atoms with Gasteiger partial charge in [-0.15, -0.1) is 0 Å². The van der Waals surface area contributed by atoms with Crippen molar-refractivity contribution in [3.05, 3.63) is 71.4 Å². The highest BCUT2D eigenvalue weighted by Gasteiger charge is 2.27. The van der Waals surface area contributed by atoms with Crippen LogP contribution in [0.15, 0.2) is 48.5 Å². The van der Waals surface area contributed by atoms with Crippen molar-refractivity contribution < 1.29 is 13.6 Å². The smallest absolute Gasteiger partial charge is 0.256 e. The summed E-state index contributed by atoms with van der Waals surface area (Å²) < 4.78 is 27.2. The minimum absolute atomic E-state index is 0.0984. The van der Waals surface area contributed by atoms with Gasteiger partial charge in [0.1, 0.15) is 11.6 Å². The Hall–Kier alpha value is -3.02. The molecule has 0 bridgehead atoms. The average Bonchev–Trinajstić information content (AvgIpc) is 2.67. The molecule has 1 fully saturated rings. The van der Waals surface area contributed by atoms with Gasteiger partial charge >= 0.3 is 0 Å². The number of fused-ring (bicyclic) bond motifs is 1. The van der Waals surface area contributed by atoms with Crippen LogP contribution in [0.2, 0.25) is 0 Å². The lowest BCUT2D eigenvalue weighted by atomic mass is 9.91. The van der Waals surface area contributed by atoms with Crippen LogP contribution < -0.4 is 5.73 Å². The molecule has 2 aromatic carbocycles. The highest BCUT2D eigenvalue weighted by molar-refractivity contribution is 5.94. The van der Waals surface area contributed by atoms with Crippen molar-refractivity contribution >= 4 is 22.5 Å². The fourth-order valence-corrected chi connectivity index (χ4v) is 3.67. The fourth-order valence-electron chi connectivity index (χ4n) is 3.67. The first-order chi connectivity index (χ1) is 13.0. The van der Waals surface area contributed by atoms with E-state index in [-0.39, 0.29) is 23.2 Å². The van der Waals surface area contributed by atoms with Crippen molar-refractivity contribution in [2.24, 2.45) is 0 Å². The fraction of sp³-hybridized carbons (Fsp3) is 0.238. The lowest BCUT2D eigenvalue weighted by molar-refractivity contribution is 0.0707. The molecule has 138 valence electrons. The zero-order valence-electron chi connectivity index (χ0n) is 14.7. The molecule has 4 rings (SSSR count). The molecule has 1 aliphatic rings. The second kappa shape index (κ2) is 6.95. The molecule has 1 aromatic heterocycles. The molecule has 6 heteroatoms. The third-order valence-corrected chi connectivity index (χ3v) is 5.11. The SMILES string of the molecule is Nc1cc2cc(F)ccc2nc1C1CCN(C(=O)c2ccccc2F)CC1. The molecule has 2 N–H and O–H groups in total. The largest absolute Gasteiger partial charge is 0.397 e. The Morgan fingerprint density at radius 1 is 1.07 bits per heavy atom. The van der Waals surface area contributed by atoms with Crippen molar-refractivity contribution in [2.45, 2.75) is 18.8 Å². The van der Waals surface area contributed by atoms with E-state index in [9.17, 15) is 13.6 Å². The summed E-state index contributed by atoms with van der Waals surface area (Å²) in [5, 5.41) is 0.670. The van der Waals surface area contributed by atoms with Crippen molar-refractivity contribution in [2.75, 3.05) is 18.8 Å². The van der Waals surface area contributed by atoms with Crippen molar-refractivity contribution in [1.82, 2.24) is 9.88 Å². The average molecular weight is 367 g/mol. The van der Waals surface area contributed by atoms with Crippen molar-refractivity contribution in [3.8, 4) is 0 Å². The van der Waals surface area contributed by atoms with Crippen LogP contribution in [0.25, 0.3) is 10.9 Å². The number of rotatable bonds is 2. The zero-order chi connectivity index (χ0) is 19.0. The first-order valence-corrected chi connectivity index (χ1v) is 8.92. The predicted octanol–water partition coefficient (Wildman–Crippen LogP) is 4.12. The van der Waals surface area contributed by atoms with Crippen LogP contribution >= 0.6 is 0 Å². The van der Waals surface area contributed by atoms with Gasteiger partial charge in [-0.2, -0.15) is 0 Å². The summed E-state index contributed by atoms with van der Waals surface area (Å²) in [6.07, 6.45) is 1.40. The van der Waals surface area contributed by atoms with Crippen molar-refractivity contribution in [3.63, 3.8) is 0 Å². The van der Waals surface area contributed by atoms with Crippen LogP contribution in [0.4, 0.5) is 14.5 Å². The second-order valence-electron chi connectivity index (χ2n) is 6.85. The zero-order valence-corrected chi connectivity index (χ0v) is 14.7. The number of halogens is 2. The molecule has 27 heavy (non-hydrogen) atoms. The number of benzene rings is 2. The van der Waals surface area contributed by atoms with Gasteiger partial charge in [0.05, 0.1) is 22.5 Å². The number of amides is 1. The van der Waals surface area contributed by atoms with Gasteiger partial charge in [-0.3, -0.25) is 9.78 Å². The maximum atomic E-state index is 13.9. The Kier molecular flexibility index (Phi) is 4.48. The first-order valence-electron chi connectivity index (χ1n) is 8.92. The van der Waals surface area contributed by atoms with Crippen LogP contribution in [0.1, 0.15) is 34.8 Å². The van der Waals surface area contributed by atoms with E-state index in [0.29, 0.717) is 42.5 Å². The molecule has 1 amide bonds. The van der Waals surface area contributed by atoms with Crippen LogP contribution in [0, 0.1) is 11.6 Å². The normalized spacial score (nSPS) is 15.3. The second-order valence-corrected chi connectivity index (χ2v) is 6.85. The van der Waals surface area contributed by atoms with Crippen LogP contribution in [0.5, 0.6) is 0 Å². The summed E-state index contributed by atoms with van der Waals surface area (Å²) in [5.74, 6) is -1.00. The summed E-state index contributed by atoms with van der Waals surface area (Å²) in [6.45, 7) is 1.03. The molecule has 3 aromatic rings. The van der Waals surface area contributed by atoms with E-state index in [1.807, 2.05) is 0 Å². The van der Waals surface area contributed by atoms with Crippen LogP contribution in [0.3, 0.4) is 0 Å². The lowest BCUT2D eigenvalue weighted by Crippen LogP contribution is -2.38. The number of pyridine rings is 1. The number of carbonyl (C=O) groups excluding carboxylic acids is 1. The summed E-state index contributed by atoms with van der Waals surface area (Å²) in [6, 6.07) is 12.2. The van der Waals surface area contributed by atoms with Gasteiger partial charge in [0.15, 0.2) is 0 Å². The third-order valence-electron chi connectivity index (χ3n) is 5.11. The summed E-state index contributed by atoms with van der Waals surface area (Å²) in [5.41, 5.74) is 8.27. The lowest BCUT2D eigenvalue weighted by Gasteiger charge is -2.32. The van der Waals surface area contributed by atoms with Gasteiger partial charge in [-0.05, 0) is 49.2 Å². The van der Waals surface area contributed by atoms with Crippen LogP contribution in [-0.2, 0) is 0 Å². The molecule has 1 saturated heterocycles. The van der Waals surface area contributed by atoms with E-state index in [4.69, 9.17) is 5.73 Å². The molecular formula is C21H19F2N3O. The van der Waals surface area contributed by atoms with E-state index >= 15 is 0 Å². The molecule has 0 radical (unpaired) electrons. The van der Waals surface area contributed by atoms with Gasteiger partial charge < -0.3 is 10.6 Å². The molecule has 1 aliphatic heterocycles. The molecule has 0 saturated carbocycles. The molecule has 0 atom stereocenters. The highest BCUT2D eigenvalue weighted by atomic mass is 19.1. The molecule has 0 aliphatic carbocycles. The number of aromatic nitrogens is 1. The third kappa shape index (κ3) is 3.35. The number of carbonyl (C=O) groups is 1. The monoisotopic (exact) mass is 367 g/mol. The number of hydrogen-bond acceptors (Lipinski definition) is 3. The quantitative estimate of drug-likeness (QED) is 0.741. The topological polar surface area (TPSA) is 59.2 Å². The molecule has 0 spiro atoms. The van der Waals surface area contributed by atoms with E-state index in [0.717, 1.165) is 5.69 Å². The van der Waals surface area contributed by atoms with Gasteiger partial charge in [0, 0.05) is 24.4 Å². The molecule has 2 heterocycles. The number of anilines is 1. The predicted molar refractivity (Wildman–Crippen MR) is 100 cm³/mol. The number of nitrogens with two attached hydrogens (primary N) is 1. The Balaban J connectivity index is 1.52. The Bertz CT molecular complexity index is 1010. The maximum absolute atomic E-state index is 13.9. The Morgan fingerprint density at radius 3 is 2.56 bits per heavy atom. The highest BCUT2D eigenvalue weighted by Crippen LogP contribution is 2.33. The van der Waals surface area contributed by atoms with Gasteiger partial charge in [0.2, 0.25) is 0 Å². The van der Waals surface area contributed by atoms with Crippen LogP contribution in [-0.4, -0.2) is 28.9 Å². The summed E-state index contributed by atoms with van der Waals surface area (Å²) >= 11 is 0. The van der Waals surface area contributed by atoms with Gasteiger partial charge in [-0.1, -0.05) is 12.1 Å². The first kappa shape index (κ1) is 17.4. The van der Waals surface area contributed by atoms with E-state index < -0.39 is 5.82 Å². The Labute approximate surface area is 155 Å². The van der Waals surface area contributed by atoms with E-state index in [1.54, 1.807) is 29.2 Å². The number of likely N-dealkylation sites (tertiary alicyclic amines) is 1. The van der Waals surface area contributed by atoms with Gasteiger partial charge in [0.25, 0.3) is 5.91 Å². The Morgan fingerprint density at radius 2 is 1.81 bits per heavy atom. The molecular weight excluding hydrogens is 348 g/mol. The minimum Gasteiger partial charge on any atom is -0.397 e. The minimum atomic E-state index is -0.503. The van der Waals surface area contributed by atoms with Gasteiger partial charge in [-0.25, -0.2) is 8.78 Å². The van der Waals surface area contributed by atoms with Crippen molar-refractivity contribution in [1.29, 1.82) is 0 Å². The maximum Gasteiger partial charge on any atom is 0.256 e. The molecule has 4 nitrogen and oxygen atoms in total. The standard InChI is InChI=1S/C21H19F2N3O/c22-15-5-6-19-14(11-15)12-18(24)20(25-19)13-7-9-26(10-8-13)21(27)16-3-1-2-4-17(16)23/h1-6,11-13H,7-10,24H2. The van der Waals surface area contributed by atoms with E-state index in [1.165, 1.54) is 24.3 Å². The number of nitrogens with zero attached hydrogens (tertiary/aromatic N) is 2.